The van der Waals surface area contributed by atoms with Crippen molar-refractivity contribution in [2.75, 3.05) is 13.2 Å². The Morgan fingerprint density at radius 2 is 0.629 bits per heavy atom. The summed E-state index contributed by atoms with van der Waals surface area (Å²) in [6, 6.07) is 0. The zero-order chi connectivity index (χ0) is 71.4. The average molecular weight is 1360 g/mol. The Labute approximate surface area is 583 Å². The summed E-state index contributed by atoms with van der Waals surface area (Å²) in [6.45, 7) is 36.1. The minimum Gasteiger partial charge on any atom is -0.465 e. The summed E-state index contributed by atoms with van der Waals surface area (Å²) in [5.74, 6) is 8.23. The van der Waals surface area contributed by atoms with E-state index >= 15 is 0 Å². The van der Waals surface area contributed by atoms with Crippen LogP contribution in [0.2, 0.25) is 0 Å². The summed E-state index contributed by atoms with van der Waals surface area (Å²) in [7, 11) is 0. The molecule has 1 unspecified atom stereocenters. The predicted molar refractivity (Wildman–Crippen MR) is 369 cm³/mol. The molecule has 16 saturated carbocycles. The SMILES string of the molecule is CCC(C)(C)C(=O)OC(C)(C)C(=O)OC1(C)C2CC3CC(C2)CC1C3.CCC(C)(C)C(=O)OC(C)C(=O)OC1(C)C2CC3CC(C2)CC1C3.CCC(C)(C)C(=O)OCC(=O)OC1(C)C2CC3CC(C2)CC1C3.CCC(C)(C)C(=O)OCCCC(=O)OC1(C)C2CC3CC(C2)CC1C3. The van der Waals surface area contributed by atoms with Gasteiger partial charge in [-0.1, -0.05) is 27.7 Å². The molecule has 0 aromatic carbocycles. The van der Waals surface area contributed by atoms with Gasteiger partial charge in [-0.2, -0.15) is 0 Å². The fraction of sp³-hybridized carbons (Fsp3) is 0.901. The molecule has 16 bridgehead atoms. The topological polar surface area (TPSA) is 210 Å². The molecule has 0 amide bonds. The third-order valence-electron chi connectivity index (χ3n) is 28.6. The highest BCUT2D eigenvalue weighted by Crippen LogP contribution is 2.63. The number of hydrogen-bond donors (Lipinski definition) is 0. The second-order valence-electron chi connectivity index (χ2n) is 37.4. The van der Waals surface area contributed by atoms with E-state index in [0.717, 1.165) is 53.8 Å². The molecule has 0 aliphatic heterocycles. The largest absolute Gasteiger partial charge is 0.465 e. The fourth-order valence-corrected chi connectivity index (χ4v) is 20.6. The van der Waals surface area contributed by atoms with Gasteiger partial charge in [0.25, 0.3) is 0 Å². The molecule has 0 spiro atoms. The van der Waals surface area contributed by atoms with Crippen molar-refractivity contribution in [3.8, 4) is 0 Å². The smallest absolute Gasteiger partial charge is 0.350 e. The van der Waals surface area contributed by atoms with Crippen LogP contribution in [0.5, 0.6) is 0 Å². The van der Waals surface area contributed by atoms with Crippen LogP contribution in [-0.2, 0) is 76.3 Å². The highest BCUT2D eigenvalue weighted by Gasteiger charge is 2.62. The zero-order valence-electron chi connectivity index (χ0n) is 63.6. The zero-order valence-corrected chi connectivity index (χ0v) is 63.6. The molecule has 97 heavy (non-hydrogen) atoms. The van der Waals surface area contributed by atoms with Gasteiger partial charge in [-0.25, -0.2) is 14.4 Å². The van der Waals surface area contributed by atoms with Crippen molar-refractivity contribution in [1.29, 1.82) is 0 Å². The van der Waals surface area contributed by atoms with Gasteiger partial charge in [0.05, 0.1) is 28.3 Å². The normalized spacial score (nSPS) is 37.6. The molecule has 16 aliphatic rings. The third kappa shape index (κ3) is 16.6. The minimum absolute atomic E-state index is 0.124. The van der Waals surface area contributed by atoms with Crippen LogP contribution in [0.4, 0.5) is 0 Å². The van der Waals surface area contributed by atoms with E-state index in [1.807, 2.05) is 83.1 Å². The molecule has 0 N–H and O–H groups in total. The van der Waals surface area contributed by atoms with Crippen LogP contribution >= 0.6 is 0 Å². The average Bonchev–Trinajstić information content (AvgIpc) is 0.755. The molecule has 16 nitrogen and oxygen atoms in total. The Bertz CT molecular complexity index is 2740. The second kappa shape index (κ2) is 29.2. The first kappa shape index (κ1) is 76.9. The van der Waals surface area contributed by atoms with E-state index in [1.54, 1.807) is 20.8 Å². The molecule has 16 rings (SSSR count). The van der Waals surface area contributed by atoms with Crippen LogP contribution in [0.1, 0.15) is 298 Å². The van der Waals surface area contributed by atoms with E-state index in [2.05, 4.69) is 27.7 Å². The van der Waals surface area contributed by atoms with Crippen molar-refractivity contribution in [3.05, 3.63) is 0 Å². The standard InChI is InChI=1S/2C21H34O4.C20H32O4.C19H30O4/c1-7-19(2,3)17(22)24-20(4,5)18(23)25-21(6)15-9-13-8-14(11-15)12-16(21)10-13;1-5-20(2,3)19(23)24-8-6-7-18(22)25-21(4)16-10-14-9-15(12-16)13-17(21)11-14;1-6-19(3,4)18(22)23-12(2)17(21)24-20(5)15-8-13-7-14(10-15)11-16(20)9-13;1-5-18(2,3)17(21)22-11-16(20)23-19(4)14-7-12-6-13(9-14)10-15(19)8-12/h13-16H,7-12H2,1-6H3;14-17H,5-13H2,1-4H3;12-16H,6-11H2,1-5H3;12-15H,5-11H2,1-4H3. The van der Waals surface area contributed by atoms with E-state index in [1.165, 1.54) is 128 Å². The molecule has 1 atom stereocenters. The predicted octanol–water partition coefficient (Wildman–Crippen LogP) is 16.8. The lowest BCUT2D eigenvalue weighted by atomic mass is 9.50. The third-order valence-corrected chi connectivity index (χ3v) is 28.6. The van der Waals surface area contributed by atoms with Crippen molar-refractivity contribution in [1.82, 2.24) is 0 Å². The van der Waals surface area contributed by atoms with Gasteiger partial charge in [0.1, 0.15) is 22.4 Å². The Morgan fingerprint density at radius 1 is 0.351 bits per heavy atom. The van der Waals surface area contributed by atoms with Crippen molar-refractivity contribution >= 4 is 47.8 Å². The van der Waals surface area contributed by atoms with Crippen molar-refractivity contribution < 1.29 is 76.3 Å². The monoisotopic (exact) mass is 1360 g/mol. The van der Waals surface area contributed by atoms with E-state index in [0.29, 0.717) is 86.1 Å². The van der Waals surface area contributed by atoms with Crippen molar-refractivity contribution in [3.63, 3.8) is 0 Å². The number of carbonyl (C=O) groups excluding carboxylic acids is 8. The van der Waals surface area contributed by atoms with Gasteiger partial charge < -0.3 is 37.9 Å². The molecule has 0 heterocycles. The van der Waals surface area contributed by atoms with Crippen molar-refractivity contribution in [2.24, 2.45) is 116 Å². The second-order valence-corrected chi connectivity index (χ2v) is 37.4. The van der Waals surface area contributed by atoms with Gasteiger partial charge in [-0.15, -0.1) is 0 Å². The van der Waals surface area contributed by atoms with Gasteiger partial charge in [0.2, 0.25) is 5.60 Å². The lowest BCUT2D eigenvalue weighted by Crippen LogP contribution is -2.59. The van der Waals surface area contributed by atoms with Crippen molar-refractivity contribution in [2.45, 2.75) is 333 Å². The first-order valence-electron chi connectivity index (χ1n) is 38.8. The molecule has 16 heteroatoms. The van der Waals surface area contributed by atoms with Gasteiger partial charge in [-0.05, 0) is 359 Å². The quantitative estimate of drug-likeness (QED) is 0.0560. The molecule has 16 fully saturated rings. The van der Waals surface area contributed by atoms with Gasteiger partial charge in [0.15, 0.2) is 12.7 Å². The van der Waals surface area contributed by atoms with E-state index in [9.17, 15) is 38.4 Å². The maximum atomic E-state index is 12.9. The first-order chi connectivity index (χ1) is 45.1. The highest BCUT2D eigenvalue weighted by molar-refractivity contribution is 5.85. The van der Waals surface area contributed by atoms with Gasteiger partial charge >= 0.3 is 47.8 Å². The molecule has 16 aliphatic carbocycles. The molecule has 0 aromatic rings. The van der Waals surface area contributed by atoms with Crippen LogP contribution in [0.25, 0.3) is 0 Å². The van der Waals surface area contributed by atoms with Gasteiger partial charge in [-0.3, -0.25) is 24.0 Å². The maximum Gasteiger partial charge on any atom is 0.350 e. The summed E-state index contributed by atoms with van der Waals surface area (Å²) in [5, 5.41) is 0. The molecule has 0 aromatic heterocycles. The minimum atomic E-state index is -1.25. The lowest BCUT2D eigenvalue weighted by Gasteiger charge is -2.59. The number of ether oxygens (including phenoxy) is 8. The Morgan fingerprint density at radius 3 is 0.959 bits per heavy atom. The van der Waals surface area contributed by atoms with Crippen LogP contribution in [-0.4, -0.2) is 95.1 Å². The summed E-state index contributed by atoms with van der Waals surface area (Å²) >= 11 is 0. The first-order valence-corrected chi connectivity index (χ1v) is 38.8. The summed E-state index contributed by atoms with van der Waals surface area (Å²) < 4.78 is 45.5. The molecular formula is C81H130O16. The summed E-state index contributed by atoms with van der Waals surface area (Å²) in [5.41, 5.74) is -4.78. The van der Waals surface area contributed by atoms with Crippen LogP contribution in [0.3, 0.4) is 0 Å². The Kier molecular flexibility index (Phi) is 23.2. The fourth-order valence-electron chi connectivity index (χ4n) is 20.6. The molecule has 550 valence electrons. The number of rotatable bonds is 22. The van der Waals surface area contributed by atoms with Crippen LogP contribution in [0.15, 0.2) is 0 Å². The number of hydrogen-bond acceptors (Lipinski definition) is 16. The van der Waals surface area contributed by atoms with E-state index < -0.39 is 44.9 Å². The maximum absolute atomic E-state index is 12.9. The molecular weight excluding hydrogens is 1230 g/mol. The molecule has 0 radical (unpaired) electrons. The summed E-state index contributed by atoms with van der Waals surface area (Å²) in [4.78, 5) is 98.7. The van der Waals surface area contributed by atoms with Gasteiger partial charge in [0, 0.05) is 6.42 Å². The highest BCUT2D eigenvalue weighted by atomic mass is 16.6. The number of carbonyl (C=O) groups is 8. The van der Waals surface area contributed by atoms with Crippen LogP contribution in [0, 0.1) is 116 Å². The van der Waals surface area contributed by atoms with E-state index in [4.69, 9.17) is 37.9 Å². The van der Waals surface area contributed by atoms with E-state index in [-0.39, 0.29) is 65.2 Å². The lowest BCUT2D eigenvalue weighted by molar-refractivity contribution is -0.221. The summed E-state index contributed by atoms with van der Waals surface area (Å²) in [6.07, 6.45) is 27.5. The van der Waals surface area contributed by atoms with Crippen LogP contribution < -0.4 is 0 Å². The Hall–Kier alpha value is -4.24. The Balaban J connectivity index is 0.000000152. The number of esters is 8. The molecule has 0 saturated heterocycles.